The highest BCUT2D eigenvalue weighted by Crippen LogP contribution is 2.30. The van der Waals surface area contributed by atoms with Crippen LogP contribution in [0.3, 0.4) is 0 Å². The molecule has 0 aliphatic heterocycles. The Bertz CT molecular complexity index is 1350. The molecule has 0 aliphatic carbocycles. The van der Waals surface area contributed by atoms with Crippen LogP contribution in [-0.2, 0) is 27.3 Å². The van der Waals surface area contributed by atoms with Gasteiger partial charge in [-0.05, 0) is 75.6 Å². The van der Waals surface area contributed by atoms with Crippen molar-refractivity contribution in [3.63, 3.8) is 0 Å². The van der Waals surface area contributed by atoms with Gasteiger partial charge < -0.3 is 20.3 Å². The van der Waals surface area contributed by atoms with Crippen LogP contribution in [0.4, 0.5) is 4.79 Å². The van der Waals surface area contributed by atoms with Gasteiger partial charge in [-0.25, -0.2) is 4.79 Å². The molecule has 3 amide bonds. The zero-order valence-electron chi connectivity index (χ0n) is 27.3. The zero-order chi connectivity index (χ0) is 32.3. The molecule has 0 saturated heterocycles. The average molecular weight is 600 g/mol. The van der Waals surface area contributed by atoms with Gasteiger partial charge in [-0.3, -0.25) is 9.59 Å². The second-order valence-electron chi connectivity index (χ2n) is 12.9. The van der Waals surface area contributed by atoms with Gasteiger partial charge in [-0.1, -0.05) is 98.8 Å². The lowest BCUT2D eigenvalue weighted by molar-refractivity contribution is -0.145. The van der Waals surface area contributed by atoms with Gasteiger partial charge in [0.1, 0.15) is 17.7 Å². The number of carbonyl (C=O) groups excluding carboxylic acids is 3. The van der Waals surface area contributed by atoms with E-state index in [1.165, 1.54) is 0 Å². The van der Waals surface area contributed by atoms with Gasteiger partial charge >= 0.3 is 6.09 Å². The SMILES string of the molecule is Cc1ccccc1C(C(=O)NCc1ccccc1)N(C(=O)C(Cc1ccccc1)NC(=O)OC(C)(C)C)C(C)CCC(C)C. The van der Waals surface area contributed by atoms with Gasteiger partial charge in [0.2, 0.25) is 11.8 Å². The van der Waals surface area contributed by atoms with Crippen molar-refractivity contribution in [1.82, 2.24) is 15.5 Å². The smallest absolute Gasteiger partial charge is 0.408 e. The first kappa shape index (κ1) is 34.4. The minimum absolute atomic E-state index is 0.248. The van der Waals surface area contributed by atoms with Crippen molar-refractivity contribution in [2.24, 2.45) is 5.92 Å². The molecule has 0 spiro atoms. The second-order valence-corrected chi connectivity index (χ2v) is 12.9. The summed E-state index contributed by atoms with van der Waals surface area (Å²) >= 11 is 0. The van der Waals surface area contributed by atoms with Crippen molar-refractivity contribution < 1.29 is 19.1 Å². The molecule has 0 aromatic heterocycles. The Balaban J connectivity index is 2.09. The summed E-state index contributed by atoms with van der Waals surface area (Å²) in [5.41, 5.74) is 2.76. The number of carbonyl (C=O) groups is 3. The summed E-state index contributed by atoms with van der Waals surface area (Å²) in [6, 6.07) is 24.8. The second kappa shape index (κ2) is 16.1. The molecule has 3 atom stereocenters. The van der Waals surface area contributed by atoms with Crippen LogP contribution in [0.25, 0.3) is 0 Å². The predicted molar refractivity (Wildman–Crippen MR) is 176 cm³/mol. The van der Waals surface area contributed by atoms with Gasteiger partial charge in [-0.15, -0.1) is 0 Å². The summed E-state index contributed by atoms with van der Waals surface area (Å²) in [6.07, 6.45) is 1.14. The third-order valence-electron chi connectivity index (χ3n) is 7.48. The topological polar surface area (TPSA) is 87.7 Å². The average Bonchev–Trinajstić information content (AvgIpc) is 2.97. The Labute approximate surface area is 263 Å². The van der Waals surface area contributed by atoms with Crippen molar-refractivity contribution in [2.45, 2.75) is 98.0 Å². The first-order valence-electron chi connectivity index (χ1n) is 15.6. The third kappa shape index (κ3) is 10.5. The van der Waals surface area contributed by atoms with Crippen LogP contribution in [0.1, 0.15) is 82.7 Å². The van der Waals surface area contributed by atoms with Crippen LogP contribution in [0.5, 0.6) is 0 Å². The fourth-order valence-electron chi connectivity index (χ4n) is 5.18. The Morgan fingerprint density at radius 2 is 1.36 bits per heavy atom. The molecular weight excluding hydrogens is 550 g/mol. The van der Waals surface area contributed by atoms with E-state index in [2.05, 4.69) is 24.5 Å². The molecule has 0 fully saturated rings. The lowest BCUT2D eigenvalue weighted by atomic mass is 9.94. The Morgan fingerprint density at radius 3 is 1.93 bits per heavy atom. The number of rotatable bonds is 13. The number of nitrogens with zero attached hydrogens (tertiary/aromatic N) is 1. The van der Waals surface area contributed by atoms with E-state index in [0.717, 1.165) is 28.7 Å². The quantitative estimate of drug-likeness (QED) is 0.219. The highest BCUT2D eigenvalue weighted by Gasteiger charge is 2.39. The number of hydrogen-bond acceptors (Lipinski definition) is 4. The summed E-state index contributed by atoms with van der Waals surface area (Å²) in [5, 5.41) is 5.95. The summed E-state index contributed by atoms with van der Waals surface area (Å²) in [4.78, 5) is 43.8. The normalized spacial score (nSPS) is 13.5. The number of aryl methyl sites for hydroxylation is 1. The third-order valence-corrected chi connectivity index (χ3v) is 7.48. The minimum Gasteiger partial charge on any atom is -0.444 e. The molecule has 0 bridgehead atoms. The Morgan fingerprint density at radius 1 is 0.795 bits per heavy atom. The minimum atomic E-state index is -0.956. The maximum Gasteiger partial charge on any atom is 0.408 e. The molecule has 3 rings (SSSR count). The summed E-state index contributed by atoms with van der Waals surface area (Å²) in [5.74, 6) is -0.194. The number of benzene rings is 3. The Kier molecular flexibility index (Phi) is 12.6. The van der Waals surface area contributed by atoms with Gasteiger partial charge in [-0.2, -0.15) is 0 Å². The molecule has 0 radical (unpaired) electrons. The number of nitrogens with one attached hydrogen (secondary N) is 2. The van der Waals surface area contributed by atoms with E-state index in [-0.39, 0.29) is 24.3 Å². The van der Waals surface area contributed by atoms with Crippen molar-refractivity contribution in [1.29, 1.82) is 0 Å². The monoisotopic (exact) mass is 599 g/mol. The van der Waals surface area contributed by atoms with Crippen molar-refractivity contribution in [2.75, 3.05) is 0 Å². The van der Waals surface area contributed by atoms with Crippen molar-refractivity contribution in [3.05, 3.63) is 107 Å². The summed E-state index contributed by atoms with van der Waals surface area (Å²) < 4.78 is 5.57. The van der Waals surface area contributed by atoms with Crippen LogP contribution in [-0.4, -0.2) is 40.5 Å². The van der Waals surface area contributed by atoms with E-state index in [0.29, 0.717) is 18.9 Å². The van der Waals surface area contributed by atoms with Crippen LogP contribution in [0, 0.1) is 12.8 Å². The molecule has 0 heterocycles. The molecule has 0 saturated carbocycles. The molecule has 236 valence electrons. The Hall–Kier alpha value is -4.13. The summed E-state index contributed by atoms with van der Waals surface area (Å²) in [7, 11) is 0. The molecule has 3 aromatic carbocycles. The number of amides is 3. The highest BCUT2D eigenvalue weighted by molar-refractivity contribution is 5.92. The van der Waals surface area contributed by atoms with Crippen LogP contribution in [0.2, 0.25) is 0 Å². The van der Waals surface area contributed by atoms with Crippen LogP contribution < -0.4 is 10.6 Å². The van der Waals surface area contributed by atoms with Gasteiger partial charge in [0, 0.05) is 19.0 Å². The van der Waals surface area contributed by atoms with E-state index < -0.39 is 23.8 Å². The standard InChI is InChI=1S/C37H49N3O4/c1-26(2)22-23-28(4)40(35(42)32(24-29-17-10-8-11-18-29)39-36(43)44-37(5,6)7)33(31-21-15-14-16-27(31)3)34(41)38-25-30-19-12-9-13-20-30/h8-21,26,28,32-33H,22-25H2,1-7H3,(H,38,41)(H,39,43). The van der Waals surface area contributed by atoms with E-state index in [9.17, 15) is 14.4 Å². The van der Waals surface area contributed by atoms with E-state index in [1.54, 1.807) is 25.7 Å². The lowest BCUT2D eigenvalue weighted by Gasteiger charge is -2.39. The molecule has 3 aromatic rings. The first-order chi connectivity index (χ1) is 20.9. The van der Waals surface area contributed by atoms with Crippen LogP contribution in [0.15, 0.2) is 84.9 Å². The molecule has 3 unspecified atom stereocenters. The summed E-state index contributed by atoms with van der Waals surface area (Å²) in [6.45, 7) is 13.9. The fraction of sp³-hybridized carbons (Fsp3) is 0.432. The number of ether oxygens (including phenoxy) is 1. The maximum absolute atomic E-state index is 14.8. The number of alkyl carbamates (subject to hydrolysis) is 1. The van der Waals surface area contributed by atoms with Crippen molar-refractivity contribution >= 4 is 17.9 Å². The molecular formula is C37H49N3O4. The van der Waals surface area contributed by atoms with E-state index in [1.807, 2.05) is 98.8 Å². The largest absolute Gasteiger partial charge is 0.444 e. The molecule has 7 heteroatoms. The van der Waals surface area contributed by atoms with E-state index in [4.69, 9.17) is 4.74 Å². The predicted octanol–water partition coefficient (Wildman–Crippen LogP) is 7.14. The van der Waals surface area contributed by atoms with Crippen molar-refractivity contribution in [3.8, 4) is 0 Å². The first-order valence-corrected chi connectivity index (χ1v) is 15.6. The van der Waals surface area contributed by atoms with Gasteiger partial charge in [0.05, 0.1) is 0 Å². The van der Waals surface area contributed by atoms with E-state index >= 15 is 0 Å². The molecule has 0 aliphatic rings. The fourth-order valence-corrected chi connectivity index (χ4v) is 5.18. The molecule has 44 heavy (non-hydrogen) atoms. The zero-order valence-corrected chi connectivity index (χ0v) is 27.3. The maximum atomic E-state index is 14.8. The van der Waals surface area contributed by atoms with Gasteiger partial charge in [0.15, 0.2) is 0 Å². The number of hydrogen-bond donors (Lipinski definition) is 2. The molecule has 7 nitrogen and oxygen atoms in total. The van der Waals surface area contributed by atoms with Crippen LogP contribution >= 0.6 is 0 Å². The molecule has 2 N–H and O–H groups in total. The highest BCUT2D eigenvalue weighted by atomic mass is 16.6. The lowest BCUT2D eigenvalue weighted by Crippen LogP contribution is -2.56. The van der Waals surface area contributed by atoms with Gasteiger partial charge in [0.25, 0.3) is 0 Å².